The maximum absolute atomic E-state index is 13.5. The Morgan fingerprint density at radius 1 is 0.861 bits per heavy atom. The van der Waals surface area contributed by atoms with Crippen molar-refractivity contribution in [2.75, 3.05) is 25.2 Å². The molecule has 10 nitrogen and oxygen atoms in total. The molecule has 0 saturated carbocycles. The molecule has 2 aliphatic rings. The number of piperidine rings is 1. The molecule has 2 heterocycles. The van der Waals surface area contributed by atoms with E-state index in [2.05, 4.69) is 16.2 Å². The van der Waals surface area contributed by atoms with Gasteiger partial charge in [0, 0.05) is 30.8 Å². The third kappa shape index (κ3) is 4.85. The van der Waals surface area contributed by atoms with Gasteiger partial charge in [-0.2, -0.15) is 4.31 Å². The molecule has 194 valence electrons. The van der Waals surface area contributed by atoms with Crippen molar-refractivity contribution >= 4 is 27.6 Å². The summed E-state index contributed by atoms with van der Waals surface area (Å²) in [6.45, 7) is 10.2. The average molecular weight is 517 g/mol. The summed E-state index contributed by atoms with van der Waals surface area (Å²) in [5, 5.41) is 2.61. The fraction of sp³-hybridized carbons (Fsp3) is 0.440. The highest BCUT2D eigenvalue weighted by atomic mass is 32.2. The second-order valence-corrected chi connectivity index (χ2v) is 11.1. The first-order chi connectivity index (χ1) is 17.0. The highest BCUT2D eigenvalue weighted by molar-refractivity contribution is 7.89. The molecule has 2 aromatic carbocycles. The van der Waals surface area contributed by atoms with Gasteiger partial charge in [0.15, 0.2) is 11.5 Å². The van der Waals surface area contributed by atoms with Gasteiger partial charge in [-0.15, -0.1) is 0 Å². The van der Waals surface area contributed by atoms with Crippen LogP contribution < -0.4 is 25.6 Å². The zero-order valence-corrected chi connectivity index (χ0v) is 22.0. The van der Waals surface area contributed by atoms with Gasteiger partial charge in [-0.3, -0.25) is 10.2 Å². The number of anilines is 1. The van der Waals surface area contributed by atoms with Crippen molar-refractivity contribution in [2.45, 2.75) is 52.4 Å². The summed E-state index contributed by atoms with van der Waals surface area (Å²) < 4.78 is 39.0. The number of benzene rings is 2. The molecule has 0 bridgehead atoms. The van der Waals surface area contributed by atoms with Crippen LogP contribution in [0.3, 0.4) is 0 Å². The van der Waals surface area contributed by atoms with Gasteiger partial charge in [0.1, 0.15) is 0 Å². The Hall–Kier alpha value is -3.31. The van der Waals surface area contributed by atoms with Crippen LogP contribution in [0, 0.1) is 40.5 Å². The zero-order valence-electron chi connectivity index (χ0n) is 21.1. The quantitative estimate of drug-likeness (QED) is 0.536. The van der Waals surface area contributed by atoms with Crippen molar-refractivity contribution in [1.82, 2.24) is 15.2 Å². The summed E-state index contributed by atoms with van der Waals surface area (Å²) in [6.07, 6.45) is 0.719. The molecule has 0 unspecified atom stereocenters. The van der Waals surface area contributed by atoms with Gasteiger partial charge in [-0.1, -0.05) is 0 Å². The molecule has 1 saturated heterocycles. The highest BCUT2D eigenvalue weighted by Gasteiger charge is 2.34. The van der Waals surface area contributed by atoms with Gasteiger partial charge in [0.2, 0.25) is 22.7 Å². The first-order valence-electron chi connectivity index (χ1n) is 11.8. The maximum atomic E-state index is 13.5. The molecule has 0 radical (unpaired) electrons. The summed E-state index contributed by atoms with van der Waals surface area (Å²) in [4.78, 5) is 25.2. The number of carbonyl (C=O) groups is 2. The van der Waals surface area contributed by atoms with Crippen molar-refractivity contribution in [2.24, 2.45) is 5.92 Å². The third-order valence-corrected chi connectivity index (χ3v) is 9.46. The van der Waals surface area contributed by atoms with E-state index in [1.165, 1.54) is 4.31 Å². The van der Waals surface area contributed by atoms with Crippen LogP contribution in [0.25, 0.3) is 0 Å². The largest absolute Gasteiger partial charge is 0.454 e. The van der Waals surface area contributed by atoms with Gasteiger partial charge < -0.3 is 14.8 Å². The van der Waals surface area contributed by atoms with E-state index in [0.29, 0.717) is 34.9 Å². The number of hydrogen-bond acceptors (Lipinski definition) is 6. The number of nitrogens with one attached hydrogen (secondary N) is 3. The van der Waals surface area contributed by atoms with Crippen LogP contribution in [-0.2, 0) is 14.8 Å². The molecular formula is C25H32N4O6S. The molecular weight excluding hydrogens is 484 g/mol. The van der Waals surface area contributed by atoms with E-state index in [1.54, 1.807) is 18.2 Å². The minimum Gasteiger partial charge on any atom is -0.454 e. The predicted octanol–water partition coefficient (Wildman–Crippen LogP) is 3.21. The number of amides is 3. The summed E-state index contributed by atoms with van der Waals surface area (Å²) in [7, 11) is -3.70. The van der Waals surface area contributed by atoms with Crippen LogP contribution in [0.15, 0.2) is 23.1 Å². The molecule has 11 heteroatoms. The Kier molecular flexibility index (Phi) is 7.14. The number of hydrogen-bond donors (Lipinski definition) is 3. The number of nitrogens with zero attached hydrogens (tertiary/aromatic N) is 1. The predicted molar refractivity (Wildman–Crippen MR) is 134 cm³/mol. The number of rotatable bonds is 4. The molecule has 0 aliphatic carbocycles. The van der Waals surface area contributed by atoms with Crippen LogP contribution in [0.2, 0.25) is 0 Å². The molecule has 2 aromatic rings. The molecule has 0 aromatic heterocycles. The molecule has 36 heavy (non-hydrogen) atoms. The Balaban J connectivity index is 1.32. The third-order valence-electron chi connectivity index (χ3n) is 7.28. The second-order valence-electron chi connectivity index (χ2n) is 9.27. The second kappa shape index (κ2) is 9.98. The van der Waals surface area contributed by atoms with E-state index in [4.69, 9.17) is 9.47 Å². The van der Waals surface area contributed by atoms with Crippen LogP contribution in [0.1, 0.15) is 40.7 Å². The van der Waals surface area contributed by atoms with E-state index in [-0.39, 0.29) is 25.8 Å². The van der Waals surface area contributed by atoms with E-state index >= 15 is 0 Å². The SMILES string of the molecule is Cc1c(C)c(C)c(S(=O)(=O)N2CCC(C(=O)NNC(=O)Nc3ccc4c(c3)OCO4)CC2)c(C)c1C. The fourth-order valence-corrected chi connectivity index (χ4v) is 6.73. The molecule has 2 aliphatic heterocycles. The average Bonchev–Trinajstić information content (AvgIpc) is 3.33. The van der Waals surface area contributed by atoms with E-state index < -0.39 is 22.0 Å². The van der Waals surface area contributed by atoms with E-state index in [0.717, 1.165) is 27.8 Å². The number of urea groups is 1. The van der Waals surface area contributed by atoms with Gasteiger partial charge in [-0.05, 0) is 87.4 Å². The molecule has 0 spiro atoms. The highest BCUT2D eigenvalue weighted by Crippen LogP contribution is 2.35. The summed E-state index contributed by atoms with van der Waals surface area (Å²) in [5.41, 5.74) is 9.86. The summed E-state index contributed by atoms with van der Waals surface area (Å²) in [6, 6.07) is 4.35. The summed E-state index contributed by atoms with van der Waals surface area (Å²) >= 11 is 0. The minimum absolute atomic E-state index is 0.130. The minimum atomic E-state index is -3.70. The Morgan fingerprint density at radius 3 is 2.08 bits per heavy atom. The van der Waals surface area contributed by atoms with E-state index in [9.17, 15) is 18.0 Å². The molecule has 3 N–H and O–H groups in total. The van der Waals surface area contributed by atoms with Crippen LogP contribution in [0.5, 0.6) is 11.5 Å². The number of sulfonamides is 1. The van der Waals surface area contributed by atoms with Gasteiger partial charge in [-0.25, -0.2) is 18.6 Å². The van der Waals surface area contributed by atoms with Crippen LogP contribution in [-0.4, -0.2) is 44.5 Å². The van der Waals surface area contributed by atoms with Gasteiger partial charge in [0.25, 0.3) is 0 Å². The van der Waals surface area contributed by atoms with Gasteiger partial charge in [0.05, 0.1) is 4.90 Å². The first-order valence-corrected chi connectivity index (χ1v) is 13.3. The smallest absolute Gasteiger partial charge is 0.337 e. The van der Waals surface area contributed by atoms with Crippen LogP contribution >= 0.6 is 0 Å². The molecule has 0 atom stereocenters. The first kappa shape index (κ1) is 25.8. The normalized spacial score (nSPS) is 16.0. The van der Waals surface area contributed by atoms with Crippen molar-refractivity contribution in [3.05, 3.63) is 46.0 Å². The van der Waals surface area contributed by atoms with Gasteiger partial charge >= 0.3 is 6.03 Å². The number of ether oxygens (including phenoxy) is 2. The molecule has 1 fully saturated rings. The number of fused-ring (bicyclic) bond motifs is 1. The molecule has 3 amide bonds. The Bertz CT molecular complexity index is 1290. The topological polar surface area (TPSA) is 126 Å². The number of carbonyl (C=O) groups excluding carboxylic acids is 2. The number of hydrazine groups is 1. The Labute approximate surface area is 211 Å². The van der Waals surface area contributed by atoms with Crippen molar-refractivity contribution in [3.63, 3.8) is 0 Å². The van der Waals surface area contributed by atoms with Crippen molar-refractivity contribution in [3.8, 4) is 11.5 Å². The lowest BCUT2D eigenvalue weighted by Gasteiger charge is -2.32. The Morgan fingerprint density at radius 2 is 1.44 bits per heavy atom. The lowest BCUT2D eigenvalue weighted by molar-refractivity contribution is -0.126. The van der Waals surface area contributed by atoms with Crippen molar-refractivity contribution in [1.29, 1.82) is 0 Å². The maximum Gasteiger partial charge on any atom is 0.337 e. The zero-order chi connectivity index (χ0) is 26.2. The summed E-state index contributed by atoms with van der Waals surface area (Å²) in [5.74, 6) is 0.355. The lowest BCUT2D eigenvalue weighted by atomic mass is 9.95. The molecule has 4 rings (SSSR count). The van der Waals surface area contributed by atoms with Crippen LogP contribution in [0.4, 0.5) is 10.5 Å². The standard InChI is InChI=1S/C25H32N4O6S/c1-14-15(2)17(4)23(18(5)16(14)3)36(32,33)29-10-8-19(9-11-29)24(30)27-28-25(31)26-20-6-7-21-22(12-20)35-13-34-21/h6-7,12,19H,8-11,13H2,1-5H3,(H,27,30)(H2,26,28,31). The van der Waals surface area contributed by atoms with E-state index in [1.807, 2.05) is 34.6 Å². The monoisotopic (exact) mass is 516 g/mol. The van der Waals surface area contributed by atoms with Crippen molar-refractivity contribution < 1.29 is 27.5 Å². The fourth-order valence-electron chi connectivity index (χ4n) is 4.70. The lowest BCUT2D eigenvalue weighted by Crippen LogP contribution is -2.49.